The van der Waals surface area contributed by atoms with Crippen molar-refractivity contribution in [1.82, 2.24) is 24.7 Å². The van der Waals surface area contributed by atoms with E-state index in [1.54, 1.807) is 25.7 Å². The molecule has 3 heterocycles. The summed E-state index contributed by atoms with van der Waals surface area (Å²) in [4.78, 5) is 13.9. The second-order valence-electron chi connectivity index (χ2n) is 7.48. The Morgan fingerprint density at radius 1 is 1.31 bits per heavy atom. The first-order chi connectivity index (χ1) is 13.5. The first kappa shape index (κ1) is 21.3. The number of anilines is 1. The largest absolute Gasteiger partial charge is 0.479 e. The second-order valence-corrected chi connectivity index (χ2v) is 8.28. The van der Waals surface area contributed by atoms with Gasteiger partial charge in [0.1, 0.15) is 11.1 Å². The summed E-state index contributed by atoms with van der Waals surface area (Å²) in [5, 5.41) is 14.8. The van der Waals surface area contributed by atoms with Crippen molar-refractivity contribution in [2.45, 2.75) is 50.8 Å². The fourth-order valence-corrected chi connectivity index (χ4v) is 3.12. The molecule has 1 atom stereocenters. The van der Waals surface area contributed by atoms with Gasteiger partial charge in [0.15, 0.2) is 12.0 Å². The Morgan fingerprint density at radius 3 is 2.76 bits per heavy atom. The summed E-state index contributed by atoms with van der Waals surface area (Å²) in [6, 6.07) is 1.33. The van der Waals surface area contributed by atoms with Gasteiger partial charge in [-0.05, 0) is 39.7 Å². The van der Waals surface area contributed by atoms with Crippen LogP contribution in [-0.2, 0) is 4.74 Å². The molecule has 1 unspecified atom stereocenters. The van der Waals surface area contributed by atoms with Crippen LogP contribution in [0.25, 0.3) is 5.52 Å². The fourth-order valence-electron chi connectivity index (χ4n) is 2.83. The standard InChI is InChI=1S/C16H21F3N6O3S/c1-15(2,3)27-14(26)24-8-4-5-10(9-24)21-13-23-22-12(28-29-16(17,18)19)11-6-7-20-25(11)13/h6-7,10H,4-5,8-9H2,1-3H3,(H,21,23). The maximum absolute atomic E-state index is 12.4. The molecule has 1 fully saturated rings. The summed E-state index contributed by atoms with van der Waals surface area (Å²) < 4.78 is 48.5. The third-order valence-electron chi connectivity index (χ3n) is 3.92. The van der Waals surface area contributed by atoms with Crippen molar-refractivity contribution in [3.8, 4) is 5.88 Å². The van der Waals surface area contributed by atoms with E-state index in [2.05, 4.69) is 24.8 Å². The van der Waals surface area contributed by atoms with Gasteiger partial charge in [0, 0.05) is 19.1 Å². The van der Waals surface area contributed by atoms with Crippen molar-refractivity contribution in [2.75, 3.05) is 18.4 Å². The number of amides is 1. The van der Waals surface area contributed by atoms with E-state index in [1.165, 1.54) is 16.8 Å². The van der Waals surface area contributed by atoms with E-state index < -0.39 is 29.2 Å². The second kappa shape index (κ2) is 8.13. The van der Waals surface area contributed by atoms with E-state index in [1.807, 2.05) is 0 Å². The van der Waals surface area contributed by atoms with Gasteiger partial charge in [-0.2, -0.15) is 22.8 Å². The first-order valence-electron chi connectivity index (χ1n) is 8.89. The molecule has 160 valence electrons. The number of nitrogens with zero attached hydrogens (tertiary/aromatic N) is 5. The molecule has 2 aromatic heterocycles. The van der Waals surface area contributed by atoms with Crippen LogP contribution in [0.1, 0.15) is 33.6 Å². The SMILES string of the molecule is CC(C)(C)OC(=O)N1CCCC(Nc2nnc(OSC(F)(F)F)c3ccnn23)C1. The molecule has 1 N–H and O–H groups in total. The number of carbonyl (C=O) groups is 1. The van der Waals surface area contributed by atoms with Crippen molar-refractivity contribution >= 4 is 29.6 Å². The number of hydrogen-bond donors (Lipinski definition) is 1. The predicted molar refractivity (Wildman–Crippen MR) is 99.5 cm³/mol. The number of alkyl halides is 3. The molecule has 9 nitrogen and oxygen atoms in total. The molecule has 0 spiro atoms. The highest BCUT2D eigenvalue weighted by atomic mass is 32.2. The molecule has 0 bridgehead atoms. The van der Waals surface area contributed by atoms with Crippen molar-refractivity contribution < 1.29 is 26.9 Å². The Morgan fingerprint density at radius 2 is 2.07 bits per heavy atom. The number of halogens is 3. The Labute approximate surface area is 169 Å². The molecule has 0 aliphatic carbocycles. The molecule has 2 aromatic rings. The van der Waals surface area contributed by atoms with Crippen molar-refractivity contribution in [1.29, 1.82) is 0 Å². The van der Waals surface area contributed by atoms with Crippen LogP contribution in [0.15, 0.2) is 12.3 Å². The molecule has 1 saturated heterocycles. The van der Waals surface area contributed by atoms with Crippen LogP contribution in [0.4, 0.5) is 23.9 Å². The summed E-state index contributed by atoms with van der Waals surface area (Å²) in [5.41, 5.74) is -4.92. The van der Waals surface area contributed by atoms with Gasteiger partial charge in [-0.25, -0.2) is 4.79 Å². The van der Waals surface area contributed by atoms with Gasteiger partial charge in [-0.15, -0.1) is 10.2 Å². The number of piperidine rings is 1. The van der Waals surface area contributed by atoms with Gasteiger partial charge >= 0.3 is 11.6 Å². The number of fused-ring (bicyclic) bond motifs is 1. The minimum atomic E-state index is -4.57. The lowest BCUT2D eigenvalue weighted by Gasteiger charge is -2.34. The highest BCUT2D eigenvalue weighted by Crippen LogP contribution is 2.33. The molecule has 0 saturated carbocycles. The molecule has 29 heavy (non-hydrogen) atoms. The number of hydrogen-bond acceptors (Lipinski definition) is 8. The van der Waals surface area contributed by atoms with Crippen molar-refractivity contribution in [3.05, 3.63) is 12.3 Å². The highest BCUT2D eigenvalue weighted by molar-refractivity contribution is 7.95. The molecule has 0 aromatic carbocycles. The van der Waals surface area contributed by atoms with Gasteiger partial charge < -0.3 is 19.1 Å². The van der Waals surface area contributed by atoms with E-state index in [0.29, 0.717) is 13.1 Å². The van der Waals surface area contributed by atoms with Crippen LogP contribution in [0, 0.1) is 0 Å². The maximum Gasteiger partial charge on any atom is 0.479 e. The van der Waals surface area contributed by atoms with E-state index in [0.717, 1.165) is 12.8 Å². The minimum Gasteiger partial charge on any atom is -0.444 e. The zero-order chi connectivity index (χ0) is 21.2. The lowest BCUT2D eigenvalue weighted by atomic mass is 10.1. The monoisotopic (exact) mass is 434 g/mol. The molecule has 1 aliphatic rings. The van der Waals surface area contributed by atoms with Gasteiger partial charge in [0.25, 0.3) is 5.88 Å². The number of carbonyl (C=O) groups excluding carboxylic acids is 1. The maximum atomic E-state index is 12.4. The smallest absolute Gasteiger partial charge is 0.444 e. The van der Waals surface area contributed by atoms with Crippen LogP contribution >= 0.6 is 12.0 Å². The number of rotatable bonds is 4. The summed E-state index contributed by atoms with van der Waals surface area (Å²) in [6.07, 6.45) is 2.54. The Balaban J connectivity index is 1.70. The Kier molecular flexibility index (Phi) is 5.96. The normalized spacial score (nSPS) is 18.0. The summed E-state index contributed by atoms with van der Waals surface area (Å²) >= 11 is -0.668. The summed E-state index contributed by atoms with van der Waals surface area (Å²) in [7, 11) is 0. The topological polar surface area (TPSA) is 93.9 Å². The van der Waals surface area contributed by atoms with Gasteiger partial charge in [0.2, 0.25) is 5.95 Å². The van der Waals surface area contributed by atoms with Gasteiger partial charge in [0.05, 0.1) is 6.20 Å². The minimum absolute atomic E-state index is 0.144. The first-order valence-corrected chi connectivity index (χ1v) is 9.63. The molecule has 1 amide bonds. The summed E-state index contributed by atoms with van der Waals surface area (Å²) in [6.45, 7) is 6.37. The Hall–Kier alpha value is -2.44. The molecule has 3 rings (SSSR count). The van der Waals surface area contributed by atoms with Gasteiger partial charge in [-0.3, -0.25) is 0 Å². The van der Waals surface area contributed by atoms with E-state index in [4.69, 9.17) is 4.74 Å². The van der Waals surface area contributed by atoms with Crippen LogP contribution < -0.4 is 9.50 Å². The van der Waals surface area contributed by atoms with E-state index >= 15 is 0 Å². The predicted octanol–water partition coefficient (Wildman–Crippen LogP) is 3.48. The molecular formula is C16H21F3N6O3S. The quantitative estimate of drug-likeness (QED) is 0.731. The Bertz CT molecular complexity index is 870. The van der Waals surface area contributed by atoms with Crippen LogP contribution in [0.3, 0.4) is 0 Å². The molecule has 13 heteroatoms. The fraction of sp³-hybridized carbons (Fsp3) is 0.625. The third-order valence-corrected chi connectivity index (χ3v) is 4.35. The lowest BCUT2D eigenvalue weighted by Crippen LogP contribution is -2.47. The zero-order valence-electron chi connectivity index (χ0n) is 16.1. The molecule has 0 radical (unpaired) electrons. The van der Waals surface area contributed by atoms with Gasteiger partial charge in [-0.1, -0.05) is 0 Å². The van der Waals surface area contributed by atoms with Crippen LogP contribution in [-0.4, -0.2) is 61.0 Å². The molecule has 1 aliphatic heterocycles. The van der Waals surface area contributed by atoms with Crippen molar-refractivity contribution in [3.63, 3.8) is 0 Å². The zero-order valence-corrected chi connectivity index (χ0v) is 16.9. The number of ether oxygens (including phenoxy) is 1. The average Bonchev–Trinajstić information content (AvgIpc) is 3.09. The third kappa shape index (κ3) is 5.78. The van der Waals surface area contributed by atoms with E-state index in [9.17, 15) is 18.0 Å². The number of likely N-dealkylation sites (tertiary alicyclic amines) is 1. The number of aromatic nitrogens is 4. The van der Waals surface area contributed by atoms with Crippen LogP contribution in [0.5, 0.6) is 5.88 Å². The average molecular weight is 434 g/mol. The lowest BCUT2D eigenvalue weighted by molar-refractivity contribution is -0.0370. The number of nitrogens with one attached hydrogen (secondary N) is 1. The van der Waals surface area contributed by atoms with E-state index in [-0.39, 0.29) is 23.4 Å². The summed E-state index contributed by atoms with van der Waals surface area (Å²) in [5.74, 6) is -0.0557. The van der Waals surface area contributed by atoms with Crippen LogP contribution in [0.2, 0.25) is 0 Å². The highest BCUT2D eigenvalue weighted by Gasteiger charge is 2.33. The molecular weight excluding hydrogens is 413 g/mol. The van der Waals surface area contributed by atoms with Crippen molar-refractivity contribution in [2.24, 2.45) is 0 Å².